The zero-order valence-electron chi connectivity index (χ0n) is 43.4. The fourth-order valence-electron chi connectivity index (χ4n) is 10.9. The van der Waals surface area contributed by atoms with Crippen molar-refractivity contribution >= 4 is 28.6 Å². The molecule has 17 nitrogen and oxygen atoms in total. The molecule has 0 saturated carbocycles. The van der Waals surface area contributed by atoms with E-state index in [0.29, 0.717) is 32.5 Å². The molecule has 398 valence electrons. The van der Waals surface area contributed by atoms with Gasteiger partial charge in [0, 0.05) is 68.1 Å². The quantitative estimate of drug-likeness (QED) is 0.0873. The number of cyclic esters (lactones) is 1. The SMILES string of the molecule is CO[C@]1(C)C[C@H](O[C@H]2[C@H](C)[C@@H](O[C@@H]3O[C@H](C)CC(N(C)CCCn4ncc(-c5ccc(F)cc5)c4-c4ccncc4)[C@H]3O)[C@](C)(O)C[C@@H](C)CN(C)[C@H](C)[C@@H](O)[C@](C)(O)[C@@H](I)OC(=O)[C@@H]2C)O[C@@H](C)[C@@H]1O. The van der Waals surface area contributed by atoms with Gasteiger partial charge in [0.05, 0.1) is 53.4 Å². The van der Waals surface area contributed by atoms with Crippen molar-refractivity contribution < 1.29 is 63.1 Å². The van der Waals surface area contributed by atoms with Gasteiger partial charge < -0.3 is 63.8 Å². The summed E-state index contributed by atoms with van der Waals surface area (Å²) in [7, 11) is 5.27. The molecular formula is C52H79FIN5O12. The van der Waals surface area contributed by atoms with E-state index in [-0.39, 0.29) is 30.7 Å². The first kappa shape index (κ1) is 57.5. The maximum Gasteiger partial charge on any atom is 0.312 e. The third kappa shape index (κ3) is 13.2. The molecule has 3 fully saturated rings. The van der Waals surface area contributed by atoms with E-state index in [1.54, 1.807) is 65.3 Å². The van der Waals surface area contributed by atoms with Crippen molar-refractivity contribution in [3.63, 3.8) is 0 Å². The van der Waals surface area contributed by atoms with E-state index in [1.807, 2.05) is 79.2 Å². The smallest absolute Gasteiger partial charge is 0.312 e. The molecule has 18 atom stereocenters. The number of aliphatic hydroxyl groups is 5. The highest BCUT2D eigenvalue weighted by atomic mass is 127. The first-order valence-corrected chi connectivity index (χ1v) is 26.2. The zero-order chi connectivity index (χ0) is 52.3. The van der Waals surface area contributed by atoms with Crippen LogP contribution in [0.3, 0.4) is 0 Å². The normalized spacial score (nSPS) is 39.4. The monoisotopic (exact) mass is 1110 g/mol. The Morgan fingerprint density at radius 1 is 0.930 bits per heavy atom. The van der Waals surface area contributed by atoms with Gasteiger partial charge >= 0.3 is 5.97 Å². The highest BCUT2D eigenvalue weighted by molar-refractivity contribution is 14.1. The Labute approximate surface area is 432 Å². The second kappa shape index (κ2) is 23.8. The number of likely N-dealkylation sites (N-methyl/N-ethyl adjacent to an activating group) is 2. The number of rotatable bonds is 12. The summed E-state index contributed by atoms with van der Waals surface area (Å²) in [5.74, 6) is -3.17. The number of ether oxygens (including phenoxy) is 6. The summed E-state index contributed by atoms with van der Waals surface area (Å²) in [4.78, 5) is 22.5. The maximum atomic E-state index is 14.4. The lowest BCUT2D eigenvalue weighted by atomic mass is 9.77. The molecule has 71 heavy (non-hydrogen) atoms. The first-order valence-electron chi connectivity index (χ1n) is 24.9. The van der Waals surface area contributed by atoms with Gasteiger partial charge in [0.25, 0.3) is 0 Å². The van der Waals surface area contributed by atoms with E-state index in [9.17, 15) is 34.7 Å². The number of hydrogen-bond donors (Lipinski definition) is 5. The van der Waals surface area contributed by atoms with Crippen LogP contribution in [0, 0.1) is 23.6 Å². The van der Waals surface area contributed by atoms with E-state index in [4.69, 9.17) is 33.5 Å². The molecule has 1 unspecified atom stereocenters. The molecule has 0 radical (unpaired) electrons. The van der Waals surface area contributed by atoms with Gasteiger partial charge in [-0.3, -0.25) is 14.5 Å². The Morgan fingerprint density at radius 3 is 2.24 bits per heavy atom. The number of alkyl halides is 1. The summed E-state index contributed by atoms with van der Waals surface area (Å²) in [5, 5.41) is 64.2. The third-order valence-electron chi connectivity index (χ3n) is 15.3. The highest BCUT2D eigenvalue weighted by Crippen LogP contribution is 2.41. The summed E-state index contributed by atoms with van der Waals surface area (Å²) in [5.41, 5.74) is -1.08. The van der Waals surface area contributed by atoms with E-state index < -0.39 is 100 Å². The van der Waals surface area contributed by atoms with Crippen molar-refractivity contribution in [3.05, 3.63) is 60.8 Å². The van der Waals surface area contributed by atoms with Crippen LogP contribution in [0.25, 0.3) is 22.4 Å². The Balaban J connectivity index is 1.29. The number of esters is 1. The highest BCUT2D eigenvalue weighted by Gasteiger charge is 2.53. The van der Waals surface area contributed by atoms with Crippen LogP contribution in [-0.2, 0) is 39.8 Å². The number of benzene rings is 1. The number of aryl methyl sites for hydroxylation is 1. The molecule has 2 aromatic heterocycles. The lowest BCUT2D eigenvalue weighted by molar-refractivity contribution is -0.318. The van der Waals surface area contributed by atoms with Gasteiger partial charge in [0.15, 0.2) is 16.7 Å². The molecule has 3 aliphatic rings. The van der Waals surface area contributed by atoms with Crippen LogP contribution in [0.5, 0.6) is 0 Å². The molecule has 0 amide bonds. The second-order valence-corrected chi connectivity index (χ2v) is 22.5. The van der Waals surface area contributed by atoms with Crippen molar-refractivity contribution in [2.24, 2.45) is 17.8 Å². The number of pyridine rings is 1. The number of nitrogens with zero attached hydrogens (tertiary/aromatic N) is 5. The summed E-state index contributed by atoms with van der Waals surface area (Å²) in [6.45, 7) is 17.2. The minimum atomic E-state index is -1.86. The van der Waals surface area contributed by atoms with Gasteiger partial charge in [-0.15, -0.1) is 0 Å². The van der Waals surface area contributed by atoms with Crippen LogP contribution in [0.2, 0.25) is 0 Å². The fourth-order valence-corrected chi connectivity index (χ4v) is 11.5. The van der Waals surface area contributed by atoms with E-state index in [2.05, 4.69) is 9.88 Å². The largest absolute Gasteiger partial charge is 0.448 e. The van der Waals surface area contributed by atoms with Crippen molar-refractivity contribution in [1.82, 2.24) is 24.6 Å². The van der Waals surface area contributed by atoms with E-state index >= 15 is 0 Å². The molecule has 0 aliphatic carbocycles. The molecule has 0 bridgehead atoms. The van der Waals surface area contributed by atoms with Crippen LogP contribution in [0.1, 0.15) is 88.0 Å². The molecule has 5 N–H and O–H groups in total. The molecular weight excluding hydrogens is 1030 g/mol. The van der Waals surface area contributed by atoms with Crippen LogP contribution in [0.4, 0.5) is 4.39 Å². The van der Waals surface area contributed by atoms with Gasteiger partial charge in [0.1, 0.15) is 29.7 Å². The van der Waals surface area contributed by atoms with Crippen LogP contribution < -0.4 is 0 Å². The fraction of sp³-hybridized carbons (Fsp3) is 0.712. The predicted octanol–water partition coefficient (Wildman–Crippen LogP) is 5.41. The zero-order valence-corrected chi connectivity index (χ0v) is 45.5. The van der Waals surface area contributed by atoms with Gasteiger partial charge in [0.2, 0.25) is 0 Å². The molecule has 1 aromatic carbocycles. The van der Waals surface area contributed by atoms with Gasteiger partial charge in [-0.1, -0.05) is 26.0 Å². The van der Waals surface area contributed by atoms with Gasteiger partial charge in [-0.2, -0.15) is 5.10 Å². The minimum absolute atomic E-state index is 0.0931. The Morgan fingerprint density at radius 2 is 1.59 bits per heavy atom. The lowest BCUT2D eigenvalue weighted by Crippen LogP contribution is -2.60. The van der Waals surface area contributed by atoms with Crippen molar-refractivity contribution in [1.29, 1.82) is 0 Å². The second-order valence-electron chi connectivity index (χ2n) is 21.3. The van der Waals surface area contributed by atoms with E-state index in [0.717, 1.165) is 22.4 Å². The van der Waals surface area contributed by atoms with Crippen LogP contribution >= 0.6 is 22.6 Å². The predicted molar refractivity (Wildman–Crippen MR) is 272 cm³/mol. The summed E-state index contributed by atoms with van der Waals surface area (Å²) >= 11 is 1.83. The lowest BCUT2D eigenvalue weighted by Gasteiger charge is -2.49. The molecule has 3 aromatic rings. The Kier molecular flexibility index (Phi) is 19.3. The van der Waals surface area contributed by atoms with E-state index in [1.165, 1.54) is 26.2 Å². The number of aliphatic hydroxyl groups excluding tert-OH is 3. The molecule has 0 spiro atoms. The molecule has 5 heterocycles. The summed E-state index contributed by atoms with van der Waals surface area (Å²) < 4.78 is 52.8. The Hall–Kier alpha value is -2.77. The van der Waals surface area contributed by atoms with Crippen LogP contribution in [0.15, 0.2) is 55.0 Å². The number of aromatic nitrogens is 3. The number of methoxy groups -OCH3 is 1. The third-order valence-corrected chi connectivity index (χ3v) is 16.9. The Bertz CT molecular complexity index is 2180. The summed E-state index contributed by atoms with van der Waals surface area (Å²) in [6.07, 6.45) is -2.38. The molecule has 6 rings (SSSR count). The number of carbonyl (C=O) groups is 1. The average Bonchev–Trinajstić information content (AvgIpc) is 3.74. The van der Waals surface area contributed by atoms with Crippen LogP contribution in [-0.4, -0.2) is 179 Å². The van der Waals surface area contributed by atoms with Crippen molar-refractivity contribution in [2.75, 3.05) is 34.3 Å². The minimum Gasteiger partial charge on any atom is -0.448 e. The van der Waals surface area contributed by atoms with Gasteiger partial charge in [-0.05, 0) is 147 Å². The number of carbonyl (C=O) groups excluding carboxylic acids is 1. The number of hydrogen-bond acceptors (Lipinski definition) is 16. The topological polar surface area (TPSA) is 211 Å². The first-order chi connectivity index (χ1) is 33.3. The van der Waals surface area contributed by atoms with Crippen molar-refractivity contribution in [3.8, 4) is 22.4 Å². The summed E-state index contributed by atoms with van der Waals surface area (Å²) in [6, 6.07) is 9.16. The molecule has 3 aliphatic heterocycles. The average molecular weight is 1110 g/mol. The molecule has 19 heteroatoms. The van der Waals surface area contributed by atoms with Crippen molar-refractivity contribution in [2.45, 2.75) is 183 Å². The standard InChI is InChI=1S/C52H79FIN5O12/c1-29-25-50(7,64)46(31(3)43(69-40-26-51(8,66-12)45(62)34(6)68-40)32(4)47(63)71-49(54)52(9,65)44(61)33(5)58(11)28-29)70-48-42(60)39(24-30(2)67-48)57(10)22-13-23-59-41(36-18-20-55-21-19-36)38(27-56-59)35-14-16-37(53)17-15-35/h14-21,27,29-34,39-40,42-46,48-49,60-62,64-65H,13,22-26,28H2,1-12H3/t29-,30-,31+,32-,33-,34+,39?,40+,42-,43+,44-,45+,46-,48+,49+,50-,51-,52+/m1/s1. The van der Waals surface area contributed by atoms with Gasteiger partial charge in [-0.25, -0.2) is 4.39 Å². The number of halogens is 2. The molecule has 3 saturated heterocycles. The maximum absolute atomic E-state index is 14.4.